The first-order chi connectivity index (χ1) is 15.6. The molecule has 32 heavy (non-hydrogen) atoms. The summed E-state index contributed by atoms with van der Waals surface area (Å²) in [7, 11) is 1.64. The molecular weight excluding hydrogens is 406 g/mol. The van der Waals surface area contributed by atoms with Crippen molar-refractivity contribution in [3.8, 4) is 11.6 Å². The van der Waals surface area contributed by atoms with E-state index in [1.165, 1.54) is 0 Å². The second-order valence-corrected chi connectivity index (χ2v) is 7.16. The molecule has 9 heteroatoms. The maximum atomic E-state index is 8.90. The number of pyridine rings is 2. The van der Waals surface area contributed by atoms with Gasteiger partial charge >= 0.3 is 0 Å². The number of nitrogens with zero attached hydrogens (tertiary/aromatic N) is 6. The number of anilines is 2. The molecule has 3 aromatic heterocycles. The Morgan fingerprint density at radius 3 is 2.47 bits per heavy atom. The summed E-state index contributed by atoms with van der Waals surface area (Å²) in [6.07, 6.45) is 7.18. The molecule has 0 aliphatic carbocycles. The van der Waals surface area contributed by atoms with E-state index in [4.69, 9.17) is 15.7 Å². The predicted molar refractivity (Wildman–Crippen MR) is 122 cm³/mol. The number of hydrogen-bond acceptors (Lipinski definition) is 7. The summed E-state index contributed by atoms with van der Waals surface area (Å²) in [6, 6.07) is 15.4. The molecule has 1 aromatic carbocycles. The summed E-state index contributed by atoms with van der Waals surface area (Å²) in [5.74, 6) is 1.48. The van der Waals surface area contributed by atoms with E-state index in [9.17, 15) is 0 Å². The first-order valence-corrected chi connectivity index (χ1v) is 9.89. The molecule has 0 saturated carbocycles. The fourth-order valence-electron chi connectivity index (χ4n) is 3.17. The number of nitrogens with two attached hydrogens (primary N) is 1. The van der Waals surface area contributed by atoms with Crippen LogP contribution in [-0.2, 0) is 6.54 Å². The summed E-state index contributed by atoms with van der Waals surface area (Å²) >= 11 is 0. The number of aryl methyl sites for hydroxylation is 1. The third-order valence-corrected chi connectivity index (χ3v) is 4.94. The van der Waals surface area contributed by atoms with Gasteiger partial charge in [-0.05, 0) is 48.4 Å². The molecule has 9 nitrogen and oxygen atoms in total. The molecule has 0 atom stereocenters. The Hall–Kier alpha value is -4.40. The first-order valence-electron chi connectivity index (χ1n) is 9.89. The Bertz CT molecular complexity index is 1200. The quantitative estimate of drug-likeness (QED) is 0.200. The van der Waals surface area contributed by atoms with Gasteiger partial charge in [0, 0.05) is 12.7 Å². The van der Waals surface area contributed by atoms with Gasteiger partial charge in [-0.1, -0.05) is 23.4 Å². The van der Waals surface area contributed by atoms with Crippen LogP contribution >= 0.6 is 0 Å². The SMILES string of the molecule is COc1ccc(CN(c2ccc(/C(N)=N/O)nc2)c2cnn(-c3ccc(C)cn3)c2)cc1. The highest BCUT2D eigenvalue weighted by molar-refractivity contribution is 5.95. The van der Waals surface area contributed by atoms with Gasteiger partial charge in [-0.15, -0.1) is 0 Å². The van der Waals surface area contributed by atoms with E-state index in [2.05, 4.69) is 25.1 Å². The number of ether oxygens (including phenoxy) is 1. The minimum absolute atomic E-state index is 0.0449. The van der Waals surface area contributed by atoms with E-state index < -0.39 is 0 Å². The highest BCUT2D eigenvalue weighted by atomic mass is 16.5. The average molecular weight is 429 g/mol. The van der Waals surface area contributed by atoms with E-state index in [0.29, 0.717) is 12.2 Å². The number of oxime groups is 1. The number of aromatic nitrogens is 4. The zero-order valence-electron chi connectivity index (χ0n) is 17.8. The Balaban J connectivity index is 1.69. The lowest BCUT2D eigenvalue weighted by atomic mass is 10.2. The fourth-order valence-corrected chi connectivity index (χ4v) is 3.17. The summed E-state index contributed by atoms with van der Waals surface area (Å²) in [6.45, 7) is 2.56. The third-order valence-electron chi connectivity index (χ3n) is 4.94. The zero-order chi connectivity index (χ0) is 22.5. The second-order valence-electron chi connectivity index (χ2n) is 7.16. The molecule has 0 saturated heterocycles. The van der Waals surface area contributed by atoms with Crippen LogP contribution in [0.5, 0.6) is 5.75 Å². The van der Waals surface area contributed by atoms with Gasteiger partial charge < -0.3 is 20.6 Å². The van der Waals surface area contributed by atoms with Gasteiger partial charge in [0.1, 0.15) is 11.4 Å². The fraction of sp³-hybridized carbons (Fsp3) is 0.130. The van der Waals surface area contributed by atoms with Crippen molar-refractivity contribution >= 4 is 17.2 Å². The van der Waals surface area contributed by atoms with Crippen molar-refractivity contribution < 1.29 is 9.94 Å². The van der Waals surface area contributed by atoms with Crippen LogP contribution in [0.25, 0.3) is 5.82 Å². The van der Waals surface area contributed by atoms with Crippen LogP contribution in [0.2, 0.25) is 0 Å². The highest BCUT2D eigenvalue weighted by Gasteiger charge is 2.15. The van der Waals surface area contributed by atoms with Crippen molar-refractivity contribution in [2.24, 2.45) is 10.9 Å². The Morgan fingerprint density at radius 1 is 1.03 bits per heavy atom. The van der Waals surface area contributed by atoms with Crippen LogP contribution in [0.4, 0.5) is 11.4 Å². The predicted octanol–water partition coefficient (Wildman–Crippen LogP) is 3.41. The number of amidine groups is 1. The number of benzene rings is 1. The van der Waals surface area contributed by atoms with Gasteiger partial charge in [-0.25, -0.2) is 9.67 Å². The molecule has 0 amide bonds. The van der Waals surface area contributed by atoms with Crippen LogP contribution in [0.1, 0.15) is 16.8 Å². The molecule has 0 radical (unpaired) electrons. The van der Waals surface area contributed by atoms with E-state index in [0.717, 1.165) is 34.1 Å². The number of rotatable bonds is 7. The zero-order valence-corrected chi connectivity index (χ0v) is 17.8. The van der Waals surface area contributed by atoms with Crippen molar-refractivity contribution in [2.75, 3.05) is 12.0 Å². The van der Waals surface area contributed by atoms with Crippen molar-refractivity contribution in [3.05, 3.63) is 90.1 Å². The third kappa shape index (κ3) is 4.51. The lowest BCUT2D eigenvalue weighted by molar-refractivity contribution is 0.318. The topological polar surface area (TPSA) is 115 Å². The average Bonchev–Trinajstić information content (AvgIpc) is 3.33. The first kappa shape index (κ1) is 20.9. The van der Waals surface area contributed by atoms with Gasteiger partial charge in [0.05, 0.1) is 37.1 Å². The number of hydrogen-bond donors (Lipinski definition) is 2. The van der Waals surface area contributed by atoms with Crippen LogP contribution in [0.3, 0.4) is 0 Å². The van der Waals surface area contributed by atoms with Crippen LogP contribution in [0.15, 0.2) is 78.5 Å². The van der Waals surface area contributed by atoms with E-state index in [1.54, 1.807) is 30.3 Å². The molecule has 4 aromatic rings. The smallest absolute Gasteiger partial charge is 0.188 e. The monoisotopic (exact) mass is 429 g/mol. The molecule has 3 N–H and O–H groups in total. The van der Waals surface area contributed by atoms with Gasteiger partial charge in [-0.3, -0.25) is 4.98 Å². The largest absolute Gasteiger partial charge is 0.497 e. The molecule has 0 unspecified atom stereocenters. The standard InChI is InChI=1S/C23H23N7O2/c1-16-3-10-22(26-11-16)30-15-19(13-27-30)29(14-17-4-7-20(32-2)8-5-17)18-6-9-21(25-12-18)23(24)28-31/h3-13,15,31H,14H2,1-2H3,(H2,24,28). The lowest BCUT2D eigenvalue weighted by Crippen LogP contribution is -2.18. The molecular formula is C23H23N7O2. The summed E-state index contributed by atoms with van der Waals surface area (Å²) in [4.78, 5) is 10.8. The van der Waals surface area contributed by atoms with Gasteiger partial charge in [-0.2, -0.15) is 5.10 Å². The van der Waals surface area contributed by atoms with Crippen LogP contribution in [0, 0.1) is 6.92 Å². The van der Waals surface area contributed by atoms with Crippen molar-refractivity contribution in [1.29, 1.82) is 0 Å². The van der Waals surface area contributed by atoms with E-state index in [-0.39, 0.29) is 5.84 Å². The Kier molecular flexibility index (Phi) is 5.98. The Morgan fingerprint density at radius 2 is 1.84 bits per heavy atom. The summed E-state index contributed by atoms with van der Waals surface area (Å²) in [5.41, 5.74) is 9.89. The molecule has 0 aliphatic heterocycles. The van der Waals surface area contributed by atoms with Crippen molar-refractivity contribution in [2.45, 2.75) is 13.5 Å². The van der Waals surface area contributed by atoms with Crippen molar-refractivity contribution in [3.63, 3.8) is 0 Å². The van der Waals surface area contributed by atoms with Crippen molar-refractivity contribution in [1.82, 2.24) is 19.7 Å². The molecule has 162 valence electrons. The highest BCUT2D eigenvalue weighted by Crippen LogP contribution is 2.28. The van der Waals surface area contributed by atoms with Gasteiger partial charge in [0.25, 0.3) is 0 Å². The summed E-state index contributed by atoms with van der Waals surface area (Å²) in [5, 5.41) is 16.4. The van der Waals surface area contributed by atoms with Crippen LogP contribution < -0.4 is 15.4 Å². The second kappa shape index (κ2) is 9.17. The molecule has 0 aliphatic rings. The van der Waals surface area contributed by atoms with E-state index >= 15 is 0 Å². The van der Waals surface area contributed by atoms with Gasteiger partial charge in [0.2, 0.25) is 0 Å². The molecule has 0 bridgehead atoms. The number of methoxy groups -OCH3 is 1. The Labute approximate surface area is 185 Å². The normalized spacial score (nSPS) is 11.4. The minimum Gasteiger partial charge on any atom is -0.497 e. The molecule has 0 fully saturated rings. The molecule has 0 spiro atoms. The van der Waals surface area contributed by atoms with E-state index in [1.807, 2.05) is 61.8 Å². The van der Waals surface area contributed by atoms with Crippen LogP contribution in [-0.4, -0.2) is 37.9 Å². The molecule has 3 heterocycles. The lowest BCUT2D eigenvalue weighted by Gasteiger charge is -2.23. The minimum atomic E-state index is -0.0449. The maximum absolute atomic E-state index is 8.90. The maximum Gasteiger partial charge on any atom is 0.188 e. The van der Waals surface area contributed by atoms with Gasteiger partial charge in [0.15, 0.2) is 11.7 Å². The molecule has 4 rings (SSSR count). The summed E-state index contributed by atoms with van der Waals surface area (Å²) < 4.78 is 6.99.